The van der Waals surface area contributed by atoms with Gasteiger partial charge in [0, 0.05) is 25.4 Å². The second kappa shape index (κ2) is 9.95. The fourth-order valence-electron chi connectivity index (χ4n) is 4.04. The van der Waals surface area contributed by atoms with E-state index in [1.165, 1.54) is 30.7 Å². The Labute approximate surface area is 190 Å². The van der Waals surface area contributed by atoms with Crippen LogP contribution >= 0.6 is 0 Å². The number of nitrogens with one attached hydrogen (secondary N) is 1. The molecular weight excluding hydrogens is 424 g/mol. The quantitative estimate of drug-likeness (QED) is 0.503. The summed E-state index contributed by atoms with van der Waals surface area (Å²) in [5.74, 6) is 0.711. The van der Waals surface area contributed by atoms with Crippen LogP contribution in [0.3, 0.4) is 0 Å². The van der Waals surface area contributed by atoms with Crippen molar-refractivity contribution in [3.05, 3.63) is 51.3 Å². The van der Waals surface area contributed by atoms with Crippen LogP contribution in [0.5, 0.6) is 5.75 Å². The Morgan fingerprint density at radius 3 is 2.58 bits per heavy atom. The van der Waals surface area contributed by atoms with E-state index < -0.39 is 11.2 Å². The van der Waals surface area contributed by atoms with E-state index in [1.807, 2.05) is 0 Å². The number of hydrogen-bond donors (Lipinski definition) is 1. The van der Waals surface area contributed by atoms with Crippen molar-refractivity contribution in [2.24, 2.45) is 7.05 Å². The van der Waals surface area contributed by atoms with E-state index in [0.717, 1.165) is 36.2 Å². The first-order chi connectivity index (χ1) is 16.0. The molecule has 1 aromatic carbocycles. The molecule has 4 rings (SSSR count). The summed E-state index contributed by atoms with van der Waals surface area (Å²) in [5.41, 5.74) is -0.239. The third kappa shape index (κ3) is 4.95. The van der Waals surface area contributed by atoms with Gasteiger partial charge in [0.15, 0.2) is 11.5 Å². The number of aryl methyl sites for hydroxylation is 1. The van der Waals surface area contributed by atoms with E-state index >= 15 is 0 Å². The fraction of sp³-hybridized carbons (Fsp3) is 0.435. The molecule has 0 bridgehead atoms. The fourth-order valence-corrected chi connectivity index (χ4v) is 4.04. The lowest BCUT2D eigenvalue weighted by molar-refractivity contribution is -0.121. The second-order valence-electron chi connectivity index (χ2n) is 8.14. The van der Waals surface area contributed by atoms with Crippen LogP contribution in [0.25, 0.3) is 22.4 Å². The van der Waals surface area contributed by atoms with Crippen molar-refractivity contribution in [3.8, 4) is 17.1 Å². The molecule has 2 aromatic heterocycles. The van der Waals surface area contributed by atoms with E-state index in [-0.39, 0.29) is 23.5 Å². The molecule has 1 aliphatic heterocycles. The Morgan fingerprint density at radius 2 is 1.88 bits per heavy atom. The highest BCUT2D eigenvalue weighted by Gasteiger charge is 2.16. The molecule has 0 radical (unpaired) electrons. The van der Waals surface area contributed by atoms with Crippen molar-refractivity contribution < 1.29 is 9.53 Å². The number of carbonyl (C=O) groups excluding carboxylic acids is 1. The topological polar surface area (TPSA) is 111 Å². The molecule has 10 nitrogen and oxygen atoms in total. The number of ether oxygens (including phenoxy) is 1. The maximum atomic E-state index is 12.9. The van der Waals surface area contributed by atoms with Crippen molar-refractivity contribution >= 4 is 16.9 Å². The van der Waals surface area contributed by atoms with Gasteiger partial charge in [-0.05, 0) is 63.2 Å². The molecule has 1 saturated heterocycles. The predicted octanol–water partition coefficient (Wildman–Crippen LogP) is 0.768. The molecular formula is C23H28N6O4. The summed E-state index contributed by atoms with van der Waals surface area (Å²) in [7, 11) is 3.11. The number of carbonyl (C=O) groups is 1. The van der Waals surface area contributed by atoms with Crippen molar-refractivity contribution in [1.82, 2.24) is 29.3 Å². The molecule has 0 atom stereocenters. The van der Waals surface area contributed by atoms with Gasteiger partial charge in [0.1, 0.15) is 17.7 Å². The Bertz CT molecular complexity index is 1260. The van der Waals surface area contributed by atoms with Gasteiger partial charge in [-0.2, -0.15) is 0 Å². The van der Waals surface area contributed by atoms with Gasteiger partial charge >= 0.3 is 5.69 Å². The van der Waals surface area contributed by atoms with Crippen LogP contribution in [-0.2, 0) is 18.4 Å². The van der Waals surface area contributed by atoms with Crippen LogP contribution in [0.1, 0.15) is 19.3 Å². The molecule has 1 fully saturated rings. The monoisotopic (exact) mass is 452 g/mol. The number of likely N-dealkylation sites (tertiary alicyclic amines) is 1. The summed E-state index contributed by atoms with van der Waals surface area (Å²) in [6, 6.07) is 7.16. The number of hydrogen-bond acceptors (Lipinski definition) is 7. The molecule has 0 unspecified atom stereocenters. The number of rotatable bonds is 8. The maximum Gasteiger partial charge on any atom is 0.332 e. The Balaban J connectivity index is 1.51. The first kappa shape index (κ1) is 22.7. The Morgan fingerprint density at radius 1 is 1.15 bits per heavy atom. The molecule has 1 aliphatic rings. The standard InChI is InChI=1S/C23H28N6O4/c1-27-21-18(14-25-20(26-21)16-6-8-17(33-2)9-7-16)22(31)29(23(27)32)15-19(30)24-10-5-13-28-11-3-4-12-28/h6-9,14H,3-5,10-13,15H2,1-2H3,(H,24,30). The predicted molar refractivity (Wildman–Crippen MR) is 124 cm³/mol. The summed E-state index contributed by atoms with van der Waals surface area (Å²) >= 11 is 0. The molecule has 33 heavy (non-hydrogen) atoms. The van der Waals surface area contributed by atoms with Crippen molar-refractivity contribution in [2.45, 2.75) is 25.8 Å². The average Bonchev–Trinajstić information content (AvgIpc) is 3.36. The highest BCUT2D eigenvalue weighted by molar-refractivity contribution is 5.78. The van der Waals surface area contributed by atoms with Gasteiger partial charge in [0.25, 0.3) is 5.56 Å². The zero-order valence-corrected chi connectivity index (χ0v) is 18.9. The lowest BCUT2D eigenvalue weighted by atomic mass is 10.2. The minimum atomic E-state index is -0.598. The summed E-state index contributed by atoms with van der Waals surface area (Å²) in [5, 5.41) is 2.98. The smallest absolute Gasteiger partial charge is 0.332 e. The third-order valence-electron chi connectivity index (χ3n) is 5.90. The van der Waals surface area contributed by atoms with Crippen LogP contribution in [0.2, 0.25) is 0 Å². The van der Waals surface area contributed by atoms with Crippen LogP contribution in [0, 0.1) is 0 Å². The van der Waals surface area contributed by atoms with Crippen LogP contribution in [0.4, 0.5) is 0 Å². The minimum Gasteiger partial charge on any atom is -0.497 e. The van der Waals surface area contributed by atoms with Gasteiger partial charge in [0.2, 0.25) is 5.91 Å². The Hall–Kier alpha value is -3.53. The number of aromatic nitrogens is 4. The number of amides is 1. The number of fused-ring (bicyclic) bond motifs is 1. The summed E-state index contributed by atoms with van der Waals surface area (Å²) in [6.45, 7) is 3.32. The molecule has 174 valence electrons. The molecule has 0 saturated carbocycles. The lowest BCUT2D eigenvalue weighted by Crippen LogP contribution is -2.43. The van der Waals surface area contributed by atoms with Crippen LogP contribution in [0.15, 0.2) is 40.1 Å². The molecule has 1 amide bonds. The van der Waals surface area contributed by atoms with Crippen LogP contribution < -0.4 is 21.3 Å². The molecule has 1 N–H and O–H groups in total. The van der Waals surface area contributed by atoms with Crippen molar-refractivity contribution in [1.29, 1.82) is 0 Å². The highest BCUT2D eigenvalue weighted by atomic mass is 16.5. The third-order valence-corrected chi connectivity index (χ3v) is 5.90. The van der Waals surface area contributed by atoms with E-state index in [0.29, 0.717) is 18.1 Å². The number of methoxy groups -OCH3 is 1. The first-order valence-corrected chi connectivity index (χ1v) is 11.1. The molecule has 3 aromatic rings. The van der Waals surface area contributed by atoms with Crippen molar-refractivity contribution in [3.63, 3.8) is 0 Å². The molecule has 0 spiro atoms. The van der Waals surface area contributed by atoms with E-state index in [9.17, 15) is 14.4 Å². The van der Waals surface area contributed by atoms with E-state index in [2.05, 4.69) is 20.2 Å². The van der Waals surface area contributed by atoms with Gasteiger partial charge in [-0.3, -0.25) is 18.7 Å². The van der Waals surface area contributed by atoms with E-state index in [4.69, 9.17) is 4.74 Å². The highest BCUT2D eigenvalue weighted by Crippen LogP contribution is 2.20. The summed E-state index contributed by atoms with van der Waals surface area (Å²) < 4.78 is 7.35. The van der Waals surface area contributed by atoms with Gasteiger partial charge < -0.3 is 15.0 Å². The van der Waals surface area contributed by atoms with Gasteiger partial charge in [-0.15, -0.1) is 0 Å². The zero-order chi connectivity index (χ0) is 23.4. The minimum absolute atomic E-state index is 0.177. The number of nitrogens with zero attached hydrogens (tertiary/aromatic N) is 5. The lowest BCUT2D eigenvalue weighted by Gasteiger charge is -2.14. The first-order valence-electron chi connectivity index (χ1n) is 11.1. The van der Waals surface area contributed by atoms with Crippen molar-refractivity contribution in [2.75, 3.05) is 33.3 Å². The zero-order valence-electron chi connectivity index (χ0n) is 18.9. The average molecular weight is 453 g/mol. The maximum absolute atomic E-state index is 12.9. The van der Waals surface area contributed by atoms with Crippen LogP contribution in [-0.4, -0.2) is 63.2 Å². The van der Waals surface area contributed by atoms with E-state index in [1.54, 1.807) is 31.4 Å². The normalized spacial score (nSPS) is 14.0. The number of benzene rings is 1. The molecule has 3 heterocycles. The van der Waals surface area contributed by atoms with Gasteiger partial charge in [-0.1, -0.05) is 0 Å². The second-order valence-corrected chi connectivity index (χ2v) is 8.14. The summed E-state index contributed by atoms with van der Waals surface area (Å²) in [6.07, 6.45) is 4.68. The molecule has 0 aliphatic carbocycles. The van der Waals surface area contributed by atoms with Gasteiger partial charge in [0.05, 0.1) is 7.11 Å². The summed E-state index contributed by atoms with van der Waals surface area (Å²) in [4.78, 5) is 49.3. The Kier molecular flexibility index (Phi) is 6.83. The van der Waals surface area contributed by atoms with Gasteiger partial charge in [-0.25, -0.2) is 14.8 Å². The molecule has 10 heteroatoms. The largest absolute Gasteiger partial charge is 0.497 e. The SMILES string of the molecule is COc1ccc(-c2ncc3c(=O)n(CC(=O)NCCCN4CCCC4)c(=O)n(C)c3n2)cc1.